The van der Waals surface area contributed by atoms with Crippen LogP contribution >= 0.6 is 45.2 Å². The monoisotopic (exact) mass is 442 g/mol. The molecule has 0 aromatic rings. The van der Waals surface area contributed by atoms with E-state index in [1.165, 1.54) is 0 Å². The fraction of sp³-hybridized carbons (Fsp3) is 1.00. The maximum Gasteiger partial charge on any atom is 0.215 e. The van der Waals surface area contributed by atoms with E-state index in [4.69, 9.17) is 0 Å². The van der Waals surface area contributed by atoms with Gasteiger partial charge in [-0.1, -0.05) is 51.6 Å². The lowest BCUT2D eigenvalue weighted by molar-refractivity contribution is -0.478. The SMILES string of the molecule is O=[N+]([O-])CC(I)CCCC(I)C[N+](=O)[O-]. The molecule has 0 rings (SSSR count). The zero-order valence-electron chi connectivity index (χ0n) is 7.97. The van der Waals surface area contributed by atoms with Crippen molar-refractivity contribution in [1.29, 1.82) is 0 Å². The summed E-state index contributed by atoms with van der Waals surface area (Å²) in [6.45, 7) is -0.0522. The highest BCUT2D eigenvalue weighted by Gasteiger charge is 2.14. The average Bonchev–Trinajstić information content (AvgIpc) is 2.00. The highest BCUT2D eigenvalue weighted by Crippen LogP contribution is 2.15. The van der Waals surface area contributed by atoms with E-state index in [-0.39, 0.29) is 30.8 Å². The topological polar surface area (TPSA) is 86.3 Å². The van der Waals surface area contributed by atoms with Crippen molar-refractivity contribution in [1.82, 2.24) is 0 Å². The minimum absolute atomic E-state index is 0.0248. The van der Waals surface area contributed by atoms with Crippen molar-refractivity contribution < 1.29 is 9.85 Å². The summed E-state index contributed by atoms with van der Waals surface area (Å²) < 4.78 is 0.0496. The van der Waals surface area contributed by atoms with Crippen molar-refractivity contribution in [2.24, 2.45) is 0 Å². The van der Waals surface area contributed by atoms with Crippen LogP contribution in [-0.4, -0.2) is 30.8 Å². The van der Waals surface area contributed by atoms with Gasteiger partial charge in [-0.3, -0.25) is 20.2 Å². The van der Waals surface area contributed by atoms with E-state index in [2.05, 4.69) is 45.2 Å². The van der Waals surface area contributed by atoms with Gasteiger partial charge >= 0.3 is 0 Å². The molecule has 2 unspecified atom stereocenters. The number of nitro groups is 2. The van der Waals surface area contributed by atoms with Gasteiger partial charge < -0.3 is 0 Å². The fourth-order valence-electron chi connectivity index (χ4n) is 1.07. The van der Waals surface area contributed by atoms with Crippen molar-refractivity contribution in [3.63, 3.8) is 0 Å². The van der Waals surface area contributed by atoms with Crippen molar-refractivity contribution in [3.05, 3.63) is 20.2 Å². The molecule has 0 amide bonds. The largest absolute Gasteiger partial charge is 0.265 e. The maximum atomic E-state index is 10.2. The van der Waals surface area contributed by atoms with Crippen molar-refractivity contribution in [2.45, 2.75) is 27.1 Å². The Kier molecular flexibility index (Phi) is 8.56. The van der Waals surface area contributed by atoms with Crippen LogP contribution in [0.15, 0.2) is 0 Å². The van der Waals surface area contributed by atoms with E-state index < -0.39 is 0 Å². The maximum absolute atomic E-state index is 10.2. The van der Waals surface area contributed by atoms with Crippen LogP contribution in [0, 0.1) is 20.2 Å². The Morgan fingerprint density at radius 1 is 0.933 bits per heavy atom. The molecule has 8 heteroatoms. The third kappa shape index (κ3) is 10.5. The van der Waals surface area contributed by atoms with Gasteiger partial charge in [0.1, 0.15) is 0 Å². The lowest BCUT2D eigenvalue weighted by atomic mass is 10.1. The van der Waals surface area contributed by atoms with Gasteiger partial charge in [-0.05, 0) is 12.8 Å². The minimum Gasteiger partial charge on any atom is -0.265 e. The zero-order chi connectivity index (χ0) is 11.8. The molecule has 0 aliphatic rings. The van der Waals surface area contributed by atoms with Gasteiger partial charge in [0.15, 0.2) is 0 Å². The number of alkyl halides is 2. The molecule has 0 saturated heterocycles. The summed E-state index contributed by atoms with van der Waals surface area (Å²) >= 11 is 4.10. The first-order valence-corrected chi connectivity index (χ1v) is 6.92. The molecule has 0 spiro atoms. The molecule has 88 valence electrons. The van der Waals surface area contributed by atoms with Crippen LogP contribution in [0.1, 0.15) is 19.3 Å². The molecule has 15 heavy (non-hydrogen) atoms. The first-order valence-electron chi connectivity index (χ1n) is 4.43. The Balaban J connectivity index is 3.52. The van der Waals surface area contributed by atoms with E-state index in [9.17, 15) is 20.2 Å². The predicted molar refractivity (Wildman–Crippen MR) is 73.2 cm³/mol. The number of halogens is 2. The van der Waals surface area contributed by atoms with Gasteiger partial charge in [-0.15, -0.1) is 0 Å². The number of rotatable bonds is 8. The summed E-state index contributed by atoms with van der Waals surface area (Å²) in [5.41, 5.74) is 0. The van der Waals surface area contributed by atoms with E-state index >= 15 is 0 Å². The Labute approximate surface area is 115 Å². The van der Waals surface area contributed by atoms with Crippen molar-refractivity contribution in [3.8, 4) is 0 Å². The standard InChI is InChI=1S/C7H12I2N2O4/c8-6(4-10(12)13)2-1-3-7(9)5-11(14)15/h6-7H,1-5H2. The second-order valence-electron chi connectivity index (χ2n) is 3.16. The van der Waals surface area contributed by atoms with Crippen LogP contribution < -0.4 is 0 Å². The molecule has 0 aromatic heterocycles. The zero-order valence-corrected chi connectivity index (χ0v) is 12.3. The summed E-state index contributed by atoms with van der Waals surface area (Å²) in [7, 11) is 0. The molecular formula is C7H12I2N2O4. The molecule has 0 heterocycles. The van der Waals surface area contributed by atoms with E-state index in [0.29, 0.717) is 0 Å². The molecule has 0 saturated carbocycles. The summed E-state index contributed by atoms with van der Waals surface area (Å²) in [5, 5.41) is 20.3. The summed E-state index contributed by atoms with van der Waals surface area (Å²) in [6, 6.07) is 0. The summed E-state index contributed by atoms with van der Waals surface area (Å²) in [5.74, 6) is 0. The smallest absolute Gasteiger partial charge is 0.215 e. The van der Waals surface area contributed by atoms with Crippen molar-refractivity contribution >= 4 is 45.2 Å². The molecule has 0 N–H and O–H groups in total. The Morgan fingerprint density at radius 2 is 1.27 bits per heavy atom. The van der Waals surface area contributed by atoms with Gasteiger partial charge in [0.25, 0.3) is 0 Å². The lowest BCUT2D eigenvalue weighted by Gasteiger charge is -2.06. The molecule has 0 bridgehead atoms. The van der Waals surface area contributed by atoms with E-state index in [1.54, 1.807) is 0 Å². The molecule has 0 aliphatic carbocycles. The third-order valence-corrected chi connectivity index (χ3v) is 3.76. The Morgan fingerprint density at radius 3 is 1.53 bits per heavy atom. The van der Waals surface area contributed by atoms with E-state index in [1.807, 2.05) is 0 Å². The van der Waals surface area contributed by atoms with Crippen LogP contribution in [0.3, 0.4) is 0 Å². The van der Waals surface area contributed by atoms with Crippen LogP contribution in [0.5, 0.6) is 0 Å². The van der Waals surface area contributed by atoms with Gasteiger partial charge in [-0.2, -0.15) is 0 Å². The van der Waals surface area contributed by atoms with E-state index in [0.717, 1.165) is 19.3 Å². The molecule has 0 fully saturated rings. The molecule has 0 aromatic carbocycles. The van der Waals surface area contributed by atoms with Crippen LogP contribution in [0.25, 0.3) is 0 Å². The van der Waals surface area contributed by atoms with Gasteiger partial charge in [0, 0.05) is 9.85 Å². The first kappa shape index (κ1) is 15.3. The molecule has 6 nitrogen and oxygen atoms in total. The molecule has 0 radical (unpaired) electrons. The average molecular weight is 442 g/mol. The van der Waals surface area contributed by atoms with Gasteiger partial charge in [0.2, 0.25) is 13.1 Å². The molecule has 0 aliphatic heterocycles. The highest BCUT2D eigenvalue weighted by molar-refractivity contribution is 14.1. The summed E-state index contributed by atoms with van der Waals surface area (Å²) in [6.07, 6.45) is 2.31. The number of hydrogen-bond acceptors (Lipinski definition) is 4. The van der Waals surface area contributed by atoms with Crippen LogP contribution in [0.2, 0.25) is 0 Å². The number of nitrogens with zero attached hydrogens (tertiary/aromatic N) is 2. The predicted octanol–water partition coefficient (Wildman–Crippen LogP) is 2.32. The normalized spacial score (nSPS) is 14.5. The quantitative estimate of drug-likeness (QED) is 0.250. The fourth-order valence-corrected chi connectivity index (χ4v) is 2.59. The lowest BCUT2D eigenvalue weighted by Crippen LogP contribution is -2.16. The van der Waals surface area contributed by atoms with Crippen LogP contribution in [0.4, 0.5) is 0 Å². The second kappa shape index (κ2) is 8.42. The summed E-state index contributed by atoms with van der Waals surface area (Å²) in [4.78, 5) is 19.7. The van der Waals surface area contributed by atoms with Gasteiger partial charge in [0.05, 0.1) is 7.85 Å². The Hall–Kier alpha value is 0.260. The first-order chi connectivity index (χ1) is 6.91. The third-order valence-electron chi connectivity index (χ3n) is 1.73. The van der Waals surface area contributed by atoms with Crippen LogP contribution in [-0.2, 0) is 0 Å². The second-order valence-corrected chi connectivity index (χ2v) is 6.68. The molecular weight excluding hydrogens is 430 g/mol. The van der Waals surface area contributed by atoms with Gasteiger partial charge in [-0.25, -0.2) is 0 Å². The molecule has 2 atom stereocenters. The Bertz CT molecular complexity index is 205. The highest BCUT2D eigenvalue weighted by atomic mass is 127. The van der Waals surface area contributed by atoms with Crippen molar-refractivity contribution in [2.75, 3.05) is 13.1 Å². The number of hydrogen-bond donors (Lipinski definition) is 0. The minimum atomic E-state index is -0.324.